The third-order valence-corrected chi connectivity index (χ3v) is 4.97. The molecule has 4 rings (SSSR count). The van der Waals surface area contributed by atoms with Gasteiger partial charge in [-0.15, -0.1) is 0 Å². The second-order valence-electron chi connectivity index (χ2n) is 7.09. The summed E-state index contributed by atoms with van der Waals surface area (Å²) in [5.74, 6) is -0.333. The number of amides is 1. The average Bonchev–Trinajstić information content (AvgIpc) is 2.78. The van der Waals surface area contributed by atoms with E-state index >= 15 is 0 Å². The summed E-state index contributed by atoms with van der Waals surface area (Å²) in [7, 11) is 0. The van der Waals surface area contributed by atoms with Crippen LogP contribution in [0.5, 0.6) is 0 Å². The summed E-state index contributed by atoms with van der Waals surface area (Å²) in [4.78, 5) is 21.3. The number of halogens is 3. The van der Waals surface area contributed by atoms with E-state index in [4.69, 9.17) is 0 Å². The van der Waals surface area contributed by atoms with Crippen LogP contribution in [-0.4, -0.2) is 15.9 Å². The molecule has 0 aliphatic rings. The number of benzene rings is 2. The van der Waals surface area contributed by atoms with Gasteiger partial charge in [-0.1, -0.05) is 30.3 Å². The SMILES string of the molecule is CC(NC(=O)c1ccc2c(-c3ccc(C(F)(F)F)cc3)cccc2n1)c1ccccn1. The molecule has 0 aliphatic carbocycles. The molecule has 7 heteroatoms. The van der Waals surface area contributed by atoms with E-state index in [0.29, 0.717) is 11.1 Å². The third-order valence-electron chi connectivity index (χ3n) is 4.97. The van der Waals surface area contributed by atoms with Crippen LogP contribution in [0.15, 0.2) is 79.0 Å². The van der Waals surface area contributed by atoms with Crippen LogP contribution >= 0.6 is 0 Å². The van der Waals surface area contributed by atoms with Gasteiger partial charge in [0.05, 0.1) is 22.8 Å². The highest BCUT2D eigenvalue weighted by Crippen LogP contribution is 2.33. The Labute approximate surface area is 176 Å². The van der Waals surface area contributed by atoms with Gasteiger partial charge in [0.15, 0.2) is 0 Å². The number of rotatable bonds is 4. The number of carbonyl (C=O) groups excluding carboxylic acids is 1. The molecule has 0 saturated carbocycles. The monoisotopic (exact) mass is 421 g/mol. The number of fused-ring (bicyclic) bond motifs is 1. The molecule has 0 fully saturated rings. The molecule has 0 spiro atoms. The molecule has 0 bridgehead atoms. The minimum absolute atomic E-state index is 0.250. The fourth-order valence-corrected chi connectivity index (χ4v) is 3.35. The quantitative estimate of drug-likeness (QED) is 0.453. The third kappa shape index (κ3) is 4.40. The fourth-order valence-electron chi connectivity index (χ4n) is 3.35. The summed E-state index contributed by atoms with van der Waals surface area (Å²) in [5.41, 5.74) is 2.25. The van der Waals surface area contributed by atoms with E-state index in [2.05, 4.69) is 15.3 Å². The normalized spacial score (nSPS) is 12.5. The van der Waals surface area contributed by atoms with Crippen LogP contribution in [0.1, 0.15) is 34.7 Å². The highest BCUT2D eigenvalue weighted by atomic mass is 19.4. The summed E-state index contributed by atoms with van der Waals surface area (Å²) in [6, 6.07) is 18.9. The van der Waals surface area contributed by atoms with E-state index < -0.39 is 11.7 Å². The van der Waals surface area contributed by atoms with Crippen molar-refractivity contribution in [2.75, 3.05) is 0 Å². The zero-order valence-electron chi connectivity index (χ0n) is 16.5. The first-order valence-corrected chi connectivity index (χ1v) is 9.62. The lowest BCUT2D eigenvalue weighted by Gasteiger charge is -2.14. The molecule has 31 heavy (non-hydrogen) atoms. The van der Waals surface area contributed by atoms with Crippen molar-refractivity contribution in [2.45, 2.75) is 19.1 Å². The van der Waals surface area contributed by atoms with Crippen LogP contribution in [0.3, 0.4) is 0 Å². The summed E-state index contributed by atoms with van der Waals surface area (Å²) >= 11 is 0. The zero-order chi connectivity index (χ0) is 22.0. The Bertz CT molecular complexity index is 1220. The van der Waals surface area contributed by atoms with Gasteiger partial charge < -0.3 is 5.32 Å². The van der Waals surface area contributed by atoms with Crippen molar-refractivity contribution in [3.63, 3.8) is 0 Å². The Kier molecular flexibility index (Phi) is 5.42. The van der Waals surface area contributed by atoms with Crippen molar-refractivity contribution < 1.29 is 18.0 Å². The van der Waals surface area contributed by atoms with Crippen molar-refractivity contribution in [2.24, 2.45) is 0 Å². The number of carbonyl (C=O) groups is 1. The lowest BCUT2D eigenvalue weighted by molar-refractivity contribution is -0.137. The predicted molar refractivity (Wildman–Crippen MR) is 112 cm³/mol. The summed E-state index contributed by atoms with van der Waals surface area (Å²) in [6.45, 7) is 1.84. The molecule has 0 radical (unpaired) electrons. The van der Waals surface area contributed by atoms with Gasteiger partial charge in [0.1, 0.15) is 5.69 Å². The number of nitrogens with one attached hydrogen (secondary N) is 1. The van der Waals surface area contributed by atoms with Gasteiger partial charge in [-0.3, -0.25) is 9.78 Å². The number of aromatic nitrogens is 2. The Balaban J connectivity index is 1.61. The number of pyridine rings is 2. The topological polar surface area (TPSA) is 54.9 Å². The van der Waals surface area contributed by atoms with Crippen molar-refractivity contribution in [3.8, 4) is 11.1 Å². The van der Waals surface area contributed by atoms with Gasteiger partial charge in [0.25, 0.3) is 5.91 Å². The van der Waals surface area contributed by atoms with Crippen LogP contribution in [0.4, 0.5) is 13.2 Å². The Morgan fingerprint density at radius 3 is 2.39 bits per heavy atom. The van der Waals surface area contributed by atoms with Crippen molar-refractivity contribution in [1.82, 2.24) is 15.3 Å². The molecule has 1 amide bonds. The Morgan fingerprint density at radius 2 is 1.71 bits per heavy atom. The van der Waals surface area contributed by atoms with Crippen molar-refractivity contribution >= 4 is 16.8 Å². The molecule has 1 unspecified atom stereocenters. The molecule has 1 N–H and O–H groups in total. The lowest BCUT2D eigenvalue weighted by Crippen LogP contribution is -2.27. The molecule has 2 aromatic heterocycles. The Morgan fingerprint density at radius 1 is 0.935 bits per heavy atom. The highest BCUT2D eigenvalue weighted by Gasteiger charge is 2.30. The number of alkyl halides is 3. The molecular formula is C24H18F3N3O. The van der Waals surface area contributed by atoms with Crippen LogP contribution in [0, 0.1) is 0 Å². The first-order chi connectivity index (χ1) is 14.8. The van der Waals surface area contributed by atoms with Gasteiger partial charge >= 0.3 is 6.18 Å². The Hall–Kier alpha value is -3.74. The second-order valence-corrected chi connectivity index (χ2v) is 7.09. The molecule has 2 heterocycles. The van der Waals surface area contributed by atoms with Gasteiger partial charge in [-0.25, -0.2) is 4.98 Å². The maximum Gasteiger partial charge on any atom is 0.416 e. The van der Waals surface area contributed by atoms with E-state index in [-0.39, 0.29) is 17.6 Å². The maximum absolute atomic E-state index is 12.8. The largest absolute Gasteiger partial charge is 0.416 e. The molecule has 4 nitrogen and oxygen atoms in total. The molecule has 2 aromatic carbocycles. The molecular weight excluding hydrogens is 403 g/mol. The molecule has 156 valence electrons. The van der Waals surface area contributed by atoms with Gasteiger partial charge in [0.2, 0.25) is 0 Å². The van der Waals surface area contributed by atoms with Gasteiger partial charge in [0, 0.05) is 11.6 Å². The van der Waals surface area contributed by atoms with Gasteiger partial charge in [-0.05, 0) is 60.5 Å². The zero-order valence-corrected chi connectivity index (χ0v) is 16.5. The summed E-state index contributed by atoms with van der Waals surface area (Å²) in [6.07, 6.45) is -2.72. The second kappa shape index (κ2) is 8.18. The van der Waals surface area contributed by atoms with Crippen LogP contribution in [0.2, 0.25) is 0 Å². The lowest BCUT2D eigenvalue weighted by atomic mass is 9.99. The maximum atomic E-state index is 12.8. The minimum atomic E-state index is -4.38. The predicted octanol–water partition coefficient (Wildman–Crippen LogP) is 5.81. The van der Waals surface area contributed by atoms with Crippen LogP contribution in [0.25, 0.3) is 22.0 Å². The molecule has 0 saturated heterocycles. The van der Waals surface area contributed by atoms with Crippen LogP contribution in [-0.2, 0) is 6.18 Å². The number of nitrogens with zero attached hydrogens (tertiary/aromatic N) is 2. The van der Waals surface area contributed by atoms with E-state index in [1.54, 1.807) is 36.5 Å². The fraction of sp³-hybridized carbons (Fsp3) is 0.125. The van der Waals surface area contributed by atoms with Gasteiger partial charge in [-0.2, -0.15) is 13.2 Å². The van der Waals surface area contributed by atoms with E-state index in [1.807, 2.05) is 25.1 Å². The average molecular weight is 421 g/mol. The smallest absolute Gasteiger partial charge is 0.343 e. The number of hydrogen-bond acceptors (Lipinski definition) is 3. The summed E-state index contributed by atoms with van der Waals surface area (Å²) < 4.78 is 38.5. The molecule has 1 atom stereocenters. The van der Waals surface area contributed by atoms with Crippen LogP contribution < -0.4 is 5.32 Å². The van der Waals surface area contributed by atoms with E-state index in [9.17, 15) is 18.0 Å². The van der Waals surface area contributed by atoms with E-state index in [0.717, 1.165) is 28.8 Å². The first kappa shape index (κ1) is 20.5. The van der Waals surface area contributed by atoms with Crippen molar-refractivity contribution in [1.29, 1.82) is 0 Å². The minimum Gasteiger partial charge on any atom is -0.343 e. The standard InChI is InChI=1S/C24H18F3N3O/c1-15(20-6-2-3-14-28-20)29-23(31)22-13-12-19-18(5-4-7-21(19)30-22)16-8-10-17(11-9-16)24(25,26)27/h2-15H,1H3,(H,29,31). The number of hydrogen-bond donors (Lipinski definition) is 1. The first-order valence-electron chi connectivity index (χ1n) is 9.62. The molecule has 4 aromatic rings. The van der Waals surface area contributed by atoms with E-state index in [1.165, 1.54) is 12.1 Å². The van der Waals surface area contributed by atoms with Crippen molar-refractivity contribution in [3.05, 3.63) is 95.9 Å². The highest BCUT2D eigenvalue weighted by molar-refractivity contribution is 5.99. The summed E-state index contributed by atoms with van der Waals surface area (Å²) in [5, 5.41) is 3.62. The molecule has 0 aliphatic heterocycles.